The number of rotatable bonds is 4. The molecule has 0 aliphatic carbocycles. The highest BCUT2D eigenvalue weighted by Gasteiger charge is 2.18. The number of esters is 1. The maximum absolute atomic E-state index is 11.8. The first-order valence-corrected chi connectivity index (χ1v) is 5.67. The number of nitrogens with one attached hydrogen (secondary N) is 2. The number of amides is 1. The molecule has 1 amide bonds. The summed E-state index contributed by atoms with van der Waals surface area (Å²) in [6.07, 6.45) is 0.549. The van der Waals surface area contributed by atoms with Crippen molar-refractivity contribution < 1.29 is 14.3 Å². The van der Waals surface area contributed by atoms with Gasteiger partial charge in [0.05, 0.1) is 12.3 Å². The van der Waals surface area contributed by atoms with E-state index in [4.69, 9.17) is 4.74 Å². The number of hydrogen-bond acceptors (Lipinski definition) is 3. The van der Waals surface area contributed by atoms with Crippen LogP contribution in [0.3, 0.4) is 0 Å². The molecule has 5 nitrogen and oxygen atoms in total. The lowest BCUT2D eigenvalue weighted by atomic mass is 10.1. The fraction of sp³-hybridized carbons (Fsp3) is 0.231. The molecule has 5 heteroatoms. The van der Waals surface area contributed by atoms with E-state index in [1.165, 1.54) is 0 Å². The summed E-state index contributed by atoms with van der Waals surface area (Å²) in [5.74, 6) is -0.476. The Hall–Kier alpha value is -2.30. The number of aryl methyl sites for hydroxylation is 1. The fourth-order valence-electron chi connectivity index (χ4n) is 1.87. The Morgan fingerprint density at radius 2 is 2.28 bits per heavy atom. The van der Waals surface area contributed by atoms with E-state index in [0.29, 0.717) is 12.1 Å². The zero-order valence-electron chi connectivity index (χ0n) is 10.2. The van der Waals surface area contributed by atoms with E-state index >= 15 is 0 Å². The van der Waals surface area contributed by atoms with Gasteiger partial charge < -0.3 is 15.0 Å². The molecular formula is C13H14N2O3. The highest BCUT2D eigenvalue weighted by molar-refractivity contribution is 6.08. The Morgan fingerprint density at radius 1 is 1.50 bits per heavy atom. The van der Waals surface area contributed by atoms with Crippen molar-refractivity contribution in [1.29, 1.82) is 0 Å². The van der Waals surface area contributed by atoms with Gasteiger partial charge in [-0.1, -0.05) is 11.6 Å². The monoisotopic (exact) mass is 246 g/mol. The lowest BCUT2D eigenvalue weighted by Crippen LogP contribution is -2.08. The molecule has 0 atom stereocenters. The highest BCUT2D eigenvalue weighted by Crippen LogP contribution is 2.28. The molecule has 0 saturated carbocycles. The van der Waals surface area contributed by atoms with Crippen LogP contribution in [0.25, 0.3) is 10.9 Å². The van der Waals surface area contributed by atoms with Crippen molar-refractivity contribution in [3.8, 4) is 0 Å². The zero-order valence-corrected chi connectivity index (χ0v) is 10.2. The van der Waals surface area contributed by atoms with Gasteiger partial charge >= 0.3 is 5.97 Å². The average molecular weight is 246 g/mol. The summed E-state index contributed by atoms with van der Waals surface area (Å²) in [7, 11) is 0. The van der Waals surface area contributed by atoms with Gasteiger partial charge in [-0.25, -0.2) is 4.79 Å². The molecule has 2 rings (SSSR count). The van der Waals surface area contributed by atoms with E-state index in [0.717, 1.165) is 16.5 Å². The number of fused-ring (bicyclic) bond motifs is 1. The predicted octanol–water partition coefficient (Wildman–Crippen LogP) is 2.22. The second-order valence-electron chi connectivity index (χ2n) is 3.91. The maximum atomic E-state index is 11.8. The Morgan fingerprint density at radius 3 is 2.94 bits per heavy atom. The highest BCUT2D eigenvalue weighted by atomic mass is 16.5. The van der Waals surface area contributed by atoms with E-state index in [1.807, 2.05) is 25.1 Å². The van der Waals surface area contributed by atoms with Gasteiger partial charge in [0.25, 0.3) is 0 Å². The van der Waals surface area contributed by atoms with E-state index in [-0.39, 0.29) is 12.3 Å². The molecular weight excluding hydrogens is 232 g/mol. The molecule has 0 unspecified atom stereocenters. The molecule has 2 aromatic rings. The summed E-state index contributed by atoms with van der Waals surface area (Å²) in [5.41, 5.74) is 2.56. The Bertz CT molecular complexity index is 602. The number of ether oxygens (including phenoxy) is 1. The molecule has 0 saturated heterocycles. The van der Waals surface area contributed by atoms with E-state index in [9.17, 15) is 9.59 Å². The number of aromatic amines is 1. The molecule has 0 aliphatic rings. The van der Waals surface area contributed by atoms with Crippen molar-refractivity contribution in [1.82, 2.24) is 4.98 Å². The number of anilines is 1. The molecule has 1 heterocycles. The van der Waals surface area contributed by atoms with Crippen molar-refractivity contribution >= 4 is 29.0 Å². The van der Waals surface area contributed by atoms with Gasteiger partial charge in [0, 0.05) is 10.9 Å². The quantitative estimate of drug-likeness (QED) is 0.641. The Kier molecular flexibility index (Phi) is 3.32. The molecule has 0 fully saturated rings. The molecule has 0 spiro atoms. The van der Waals surface area contributed by atoms with Crippen molar-refractivity contribution in [2.24, 2.45) is 0 Å². The van der Waals surface area contributed by atoms with Gasteiger partial charge in [-0.05, 0) is 26.0 Å². The summed E-state index contributed by atoms with van der Waals surface area (Å²) < 4.78 is 4.95. The van der Waals surface area contributed by atoms with Crippen LogP contribution in [-0.4, -0.2) is 24.0 Å². The summed E-state index contributed by atoms with van der Waals surface area (Å²) in [6.45, 7) is 3.96. The second-order valence-corrected chi connectivity index (χ2v) is 3.91. The first kappa shape index (κ1) is 12.2. The van der Waals surface area contributed by atoms with Gasteiger partial charge in [-0.3, -0.25) is 4.79 Å². The van der Waals surface area contributed by atoms with Gasteiger partial charge in [-0.15, -0.1) is 0 Å². The third kappa shape index (κ3) is 2.07. The molecule has 0 radical (unpaired) electrons. The number of benzene rings is 1. The average Bonchev–Trinajstić information content (AvgIpc) is 2.69. The standard InChI is InChI=1S/C13H14N2O3/c1-3-18-13(17)12-11(14-7-16)9-6-8(2)4-5-10(9)15-12/h4-7,15H,3H2,1-2H3,(H,14,16). The molecule has 94 valence electrons. The molecule has 1 aromatic carbocycles. The van der Waals surface area contributed by atoms with Gasteiger partial charge in [0.15, 0.2) is 0 Å². The topological polar surface area (TPSA) is 71.2 Å². The normalized spacial score (nSPS) is 10.3. The van der Waals surface area contributed by atoms with Gasteiger partial charge in [-0.2, -0.15) is 0 Å². The summed E-state index contributed by atoms with van der Waals surface area (Å²) in [5, 5.41) is 3.35. The van der Waals surface area contributed by atoms with Crippen molar-refractivity contribution in [3.05, 3.63) is 29.5 Å². The van der Waals surface area contributed by atoms with E-state index < -0.39 is 5.97 Å². The summed E-state index contributed by atoms with van der Waals surface area (Å²) >= 11 is 0. The van der Waals surface area contributed by atoms with Crippen LogP contribution in [0.5, 0.6) is 0 Å². The number of aromatic nitrogens is 1. The van der Waals surface area contributed by atoms with Crippen LogP contribution in [0.4, 0.5) is 5.69 Å². The third-order valence-corrected chi connectivity index (χ3v) is 2.64. The van der Waals surface area contributed by atoms with Crippen LogP contribution in [0.1, 0.15) is 23.0 Å². The van der Waals surface area contributed by atoms with E-state index in [1.54, 1.807) is 6.92 Å². The summed E-state index contributed by atoms with van der Waals surface area (Å²) in [4.78, 5) is 25.4. The number of hydrogen-bond donors (Lipinski definition) is 2. The fourth-order valence-corrected chi connectivity index (χ4v) is 1.87. The molecule has 18 heavy (non-hydrogen) atoms. The van der Waals surface area contributed by atoms with Crippen LogP contribution in [0.2, 0.25) is 0 Å². The minimum Gasteiger partial charge on any atom is -0.461 e. The van der Waals surface area contributed by atoms with E-state index in [2.05, 4.69) is 10.3 Å². The Labute approximate surface area is 104 Å². The Balaban J connectivity index is 2.61. The first-order chi connectivity index (χ1) is 8.67. The zero-order chi connectivity index (χ0) is 13.1. The minimum absolute atomic E-state index is 0.268. The van der Waals surface area contributed by atoms with Crippen LogP contribution in [0, 0.1) is 6.92 Å². The van der Waals surface area contributed by atoms with Crippen LogP contribution in [0.15, 0.2) is 18.2 Å². The van der Waals surface area contributed by atoms with Gasteiger partial charge in [0.2, 0.25) is 6.41 Å². The lowest BCUT2D eigenvalue weighted by molar-refractivity contribution is -0.105. The first-order valence-electron chi connectivity index (χ1n) is 5.67. The molecule has 0 aliphatic heterocycles. The number of carbonyl (C=O) groups excluding carboxylic acids is 2. The van der Waals surface area contributed by atoms with Crippen molar-refractivity contribution in [2.45, 2.75) is 13.8 Å². The second kappa shape index (κ2) is 4.91. The van der Waals surface area contributed by atoms with Crippen molar-refractivity contribution in [2.75, 3.05) is 11.9 Å². The van der Waals surface area contributed by atoms with Crippen LogP contribution < -0.4 is 5.32 Å². The summed E-state index contributed by atoms with van der Waals surface area (Å²) in [6, 6.07) is 5.70. The van der Waals surface area contributed by atoms with Crippen LogP contribution in [-0.2, 0) is 9.53 Å². The largest absolute Gasteiger partial charge is 0.461 e. The predicted molar refractivity (Wildman–Crippen MR) is 68.7 cm³/mol. The van der Waals surface area contributed by atoms with Crippen LogP contribution >= 0.6 is 0 Å². The van der Waals surface area contributed by atoms with Crippen molar-refractivity contribution in [3.63, 3.8) is 0 Å². The maximum Gasteiger partial charge on any atom is 0.356 e. The minimum atomic E-state index is -0.476. The molecule has 1 aromatic heterocycles. The van der Waals surface area contributed by atoms with Gasteiger partial charge in [0.1, 0.15) is 5.69 Å². The lowest BCUT2D eigenvalue weighted by Gasteiger charge is -2.02. The molecule has 0 bridgehead atoms. The third-order valence-electron chi connectivity index (χ3n) is 2.64. The number of H-pyrrole nitrogens is 1. The smallest absolute Gasteiger partial charge is 0.356 e. The molecule has 2 N–H and O–H groups in total. The SMILES string of the molecule is CCOC(=O)c1[nH]c2ccc(C)cc2c1NC=O. The number of carbonyl (C=O) groups is 2.